The van der Waals surface area contributed by atoms with Gasteiger partial charge in [0.1, 0.15) is 5.82 Å². The molecule has 0 saturated heterocycles. The van der Waals surface area contributed by atoms with E-state index in [-0.39, 0.29) is 5.82 Å². The second-order valence-corrected chi connectivity index (χ2v) is 5.17. The average Bonchev–Trinajstić information content (AvgIpc) is 2.36. The maximum atomic E-state index is 12.6. The summed E-state index contributed by atoms with van der Waals surface area (Å²) in [6.45, 7) is -1.71. The zero-order chi connectivity index (χ0) is 14.7. The van der Waals surface area contributed by atoms with E-state index in [1.807, 2.05) is 0 Å². The summed E-state index contributed by atoms with van der Waals surface area (Å²) in [7, 11) is -4.36. The number of pyridine rings is 1. The van der Waals surface area contributed by atoms with Crippen molar-refractivity contribution in [3.63, 3.8) is 0 Å². The predicted molar refractivity (Wildman–Crippen MR) is 58.2 cm³/mol. The molecule has 0 aromatic carbocycles. The van der Waals surface area contributed by atoms with Crippen LogP contribution in [-0.4, -0.2) is 32.3 Å². The minimum absolute atomic E-state index is 0.0245. The molecule has 0 fully saturated rings. The Morgan fingerprint density at radius 3 is 2.58 bits per heavy atom. The quantitative estimate of drug-likeness (QED) is 0.405. The van der Waals surface area contributed by atoms with Crippen molar-refractivity contribution in [2.75, 3.05) is 12.0 Å². The number of sulfonamides is 1. The number of nitrogens with zero attached hydrogens (tertiary/aromatic N) is 1. The highest BCUT2D eigenvalue weighted by Gasteiger charge is 2.41. The fourth-order valence-electron chi connectivity index (χ4n) is 1.01. The molecule has 0 aliphatic rings. The third-order valence-corrected chi connectivity index (χ3v) is 3.41. The molecular weight excluding hydrogens is 292 g/mol. The summed E-state index contributed by atoms with van der Waals surface area (Å²) < 4.78 is 73.6. The Balaban J connectivity index is 2.87. The maximum absolute atomic E-state index is 12.6. The Morgan fingerprint density at radius 2 is 2.05 bits per heavy atom. The van der Waals surface area contributed by atoms with Crippen LogP contribution in [0.3, 0.4) is 0 Å². The summed E-state index contributed by atoms with van der Waals surface area (Å²) in [5, 5.41) is 0. The fraction of sp³-hybridized carbons (Fsp3) is 0.375. The monoisotopic (exact) mass is 302 g/mol. The van der Waals surface area contributed by atoms with Crippen molar-refractivity contribution >= 4 is 15.8 Å². The molecular formula is C8H10F4N4O2S. The van der Waals surface area contributed by atoms with Crippen LogP contribution in [0, 0.1) is 0 Å². The normalized spacial score (nSPS) is 12.7. The predicted octanol–water partition coefficient (Wildman–Crippen LogP) is 0.546. The molecule has 11 heteroatoms. The van der Waals surface area contributed by atoms with Crippen LogP contribution in [0.25, 0.3) is 0 Å². The number of hydrazine groups is 1. The molecule has 0 unspecified atom stereocenters. The number of anilines is 1. The van der Waals surface area contributed by atoms with Crippen LogP contribution in [0.15, 0.2) is 23.2 Å². The molecule has 1 rings (SSSR count). The summed E-state index contributed by atoms with van der Waals surface area (Å²) >= 11 is 0. The standard InChI is InChI=1S/C8H10F4N4O2S/c9-7(10)8(11,12)4-15-19(17,18)5-1-2-14-6(3-5)16-13/h1-3,7,15H,4,13H2,(H,14,16). The molecule has 0 bridgehead atoms. The van der Waals surface area contributed by atoms with Gasteiger partial charge in [0.25, 0.3) is 0 Å². The van der Waals surface area contributed by atoms with Gasteiger partial charge in [-0.15, -0.1) is 0 Å². The maximum Gasteiger partial charge on any atom is 0.320 e. The molecule has 1 aromatic heterocycles. The molecule has 0 amide bonds. The molecule has 6 nitrogen and oxygen atoms in total. The number of hydrogen-bond donors (Lipinski definition) is 3. The van der Waals surface area contributed by atoms with Gasteiger partial charge >= 0.3 is 12.3 Å². The van der Waals surface area contributed by atoms with E-state index in [4.69, 9.17) is 5.84 Å². The van der Waals surface area contributed by atoms with E-state index >= 15 is 0 Å². The molecule has 0 spiro atoms. The lowest BCUT2D eigenvalue weighted by molar-refractivity contribution is -0.122. The molecule has 0 radical (unpaired) electrons. The Morgan fingerprint density at radius 1 is 1.42 bits per heavy atom. The van der Waals surface area contributed by atoms with Crippen molar-refractivity contribution in [2.24, 2.45) is 5.84 Å². The summed E-state index contributed by atoms with van der Waals surface area (Å²) in [4.78, 5) is 3.18. The molecule has 4 N–H and O–H groups in total. The number of nitrogens with one attached hydrogen (secondary N) is 2. The van der Waals surface area contributed by atoms with Gasteiger partial charge in [-0.3, -0.25) is 0 Å². The van der Waals surface area contributed by atoms with Crippen molar-refractivity contribution < 1.29 is 26.0 Å². The van der Waals surface area contributed by atoms with Gasteiger partial charge in [0, 0.05) is 12.3 Å². The van der Waals surface area contributed by atoms with E-state index in [2.05, 4.69) is 10.4 Å². The largest absolute Gasteiger partial charge is 0.320 e. The van der Waals surface area contributed by atoms with Gasteiger partial charge in [-0.1, -0.05) is 0 Å². The Hall–Kier alpha value is -1.46. The van der Waals surface area contributed by atoms with Gasteiger partial charge < -0.3 is 5.43 Å². The van der Waals surface area contributed by atoms with E-state index in [1.54, 1.807) is 0 Å². The number of aromatic nitrogens is 1. The average molecular weight is 302 g/mol. The molecule has 1 heterocycles. The van der Waals surface area contributed by atoms with Crippen LogP contribution in [0.5, 0.6) is 0 Å². The lowest BCUT2D eigenvalue weighted by Gasteiger charge is -2.16. The van der Waals surface area contributed by atoms with Gasteiger partial charge in [0.05, 0.1) is 11.4 Å². The first-order chi connectivity index (χ1) is 8.69. The second-order valence-electron chi connectivity index (χ2n) is 3.41. The van der Waals surface area contributed by atoms with Crippen LogP contribution in [0.4, 0.5) is 23.4 Å². The van der Waals surface area contributed by atoms with Crippen molar-refractivity contribution in [2.45, 2.75) is 17.2 Å². The highest BCUT2D eigenvalue weighted by Crippen LogP contribution is 2.22. The van der Waals surface area contributed by atoms with Crippen molar-refractivity contribution in [3.8, 4) is 0 Å². The zero-order valence-corrected chi connectivity index (χ0v) is 10.1. The lowest BCUT2D eigenvalue weighted by Crippen LogP contribution is -2.41. The topological polar surface area (TPSA) is 97.1 Å². The van der Waals surface area contributed by atoms with E-state index < -0.39 is 33.8 Å². The third-order valence-electron chi connectivity index (χ3n) is 2.01. The third kappa shape index (κ3) is 4.01. The Labute approximate surface area is 106 Å². The molecule has 0 aliphatic heterocycles. The van der Waals surface area contributed by atoms with Gasteiger partial charge in [-0.25, -0.2) is 32.7 Å². The minimum atomic E-state index is -4.45. The van der Waals surface area contributed by atoms with E-state index in [0.29, 0.717) is 0 Å². The molecule has 0 atom stereocenters. The van der Waals surface area contributed by atoms with Gasteiger partial charge in [0.15, 0.2) is 0 Å². The van der Waals surface area contributed by atoms with Crippen LogP contribution in [-0.2, 0) is 10.0 Å². The van der Waals surface area contributed by atoms with Gasteiger partial charge in [-0.2, -0.15) is 8.78 Å². The molecule has 1 aromatic rings. The van der Waals surface area contributed by atoms with Gasteiger partial charge in [-0.05, 0) is 6.07 Å². The van der Waals surface area contributed by atoms with E-state index in [9.17, 15) is 26.0 Å². The number of rotatable bonds is 6. The summed E-state index contributed by atoms with van der Waals surface area (Å²) in [6, 6.07) is 1.96. The minimum Gasteiger partial charge on any atom is -0.308 e. The van der Waals surface area contributed by atoms with Crippen molar-refractivity contribution in [1.82, 2.24) is 9.71 Å². The van der Waals surface area contributed by atoms with Crippen molar-refractivity contribution in [3.05, 3.63) is 18.3 Å². The van der Waals surface area contributed by atoms with Crippen molar-refractivity contribution in [1.29, 1.82) is 0 Å². The number of hydrogen-bond acceptors (Lipinski definition) is 5. The molecule has 0 saturated carbocycles. The summed E-state index contributed by atoms with van der Waals surface area (Å²) in [5.41, 5.74) is 2.06. The zero-order valence-electron chi connectivity index (χ0n) is 9.28. The van der Waals surface area contributed by atoms with E-state index in [0.717, 1.165) is 18.3 Å². The fourth-order valence-corrected chi connectivity index (χ4v) is 2.06. The summed E-state index contributed by atoms with van der Waals surface area (Å²) in [5.74, 6) is 0.524. The van der Waals surface area contributed by atoms with Crippen LogP contribution >= 0.6 is 0 Å². The first kappa shape index (κ1) is 15.6. The van der Waals surface area contributed by atoms with Gasteiger partial charge in [0.2, 0.25) is 10.0 Å². The first-order valence-electron chi connectivity index (χ1n) is 4.77. The number of alkyl halides is 4. The van der Waals surface area contributed by atoms with Crippen LogP contribution < -0.4 is 16.0 Å². The number of halogens is 4. The molecule has 0 aliphatic carbocycles. The number of nitrogen functional groups attached to an aromatic ring is 1. The highest BCUT2D eigenvalue weighted by molar-refractivity contribution is 7.89. The van der Waals surface area contributed by atoms with E-state index in [1.165, 1.54) is 4.72 Å². The Kier molecular flexibility index (Phi) is 4.66. The Bertz CT molecular complexity index is 537. The number of nitrogens with two attached hydrogens (primary N) is 1. The lowest BCUT2D eigenvalue weighted by atomic mass is 10.4. The second kappa shape index (κ2) is 5.67. The highest BCUT2D eigenvalue weighted by atomic mass is 32.2. The van der Waals surface area contributed by atoms with Crippen LogP contribution in [0.1, 0.15) is 0 Å². The molecule has 19 heavy (non-hydrogen) atoms. The molecule has 108 valence electrons. The smallest absolute Gasteiger partial charge is 0.308 e. The summed E-state index contributed by atoms with van der Waals surface area (Å²) in [6.07, 6.45) is -2.90. The SMILES string of the molecule is NNc1cc(S(=O)(=O)NCC(F)(F)C(F)F)ccn1. The van der Waals surface area contributed by atoms with Crippen LogP contribution in [0.2, 0.25) is 0 Å². The first-order valence-corrected chi connectivity index (χ1v) is 6.25.